The first-order valence-electron chi connectivity index (χ1n) is 7.03. The van der Waals surface area contributed by atoms with Crippen molar-refractivity contribution in [2.24, 2.45) is 0 Å². The van der Waals surface area contributed by atoms with E-state index in [0.717, 1.165) is 32.5 Å². The van der Waals surface area contributed by atoms with Gasteiger partial charge in [-0.3, -0.25) is 0 Å². The highest BCUT2D eigenvalue weighted by molar-refractivity contribution is 5.70. The number of ether oxygens (including phenoxy) is 1. The Labute approximate surface area is 114 Å². The van der Waals surface area contributed by atoms with E-state index in [2.05, 4.69) is 17.1 Å². The van der Waals surface area contributed by atoms with Gasteiger partial charge >= 0.3 is 6.09 Å². The van der Waals surface area contributed by atoms with E-state index in [-0.39, 0.29) is 12.1 Å². The fourth-order valence-electron chi connectivity index (χ4n) is 2.41. The Morgan fingerprint density at radius 1 is 1.32 bits per heavy atom. The van der Waals surface area contributed by atoms with Gasteiger partial charge in [-0.25, -0.2) is 4.79 Å². The molecule has 1 heterocycles. The van der Waals surface area contributed by atoms with Crippen LogP contribution in [-0.4, -0.2) is 36.7 Å². The van der Waals surface area contributed by atoms with Crippen LogP contribution in [0.15, 0.2) is 30.3 Å². The summed E-state index contributed by atoms with van der Waals surface area (Å²) in [5.74, 6) is 0.586. The molecule has 1 N–H and O–H groups in total. The third kappa shape index (κ3) is 4.56. The molecule has 0 spiro atoms. The lowest BCUT2D eigenvalue weighted by Crippen LogP contribution is -2.45. The molecule has 1 fully saturated rings. The van der Waals surface area contributed by atoms with E-state index in [9.17, 15) is 4.79 Å². The third-order valence-corrected chi connectivity index (χ3v) is 3.40. The van der Waals surface area contributed by atoms with Gasteiger partial charge in [0, 0.05) is 19.1 Å². The van der Waals surface area contributed by atoms with Gasteiger partial charge in [0.25, 0.3) is 0 Å². The summed E-state index contributed by atoms with van der Waals surface area (Å²) in [6.45, 7) is 5.47. The minimum Gasteiger partial charge on any atom is -0.410 e. The zero-order chi connectivity index (χ0) is 13.5. The average Bonchev–Trinajstić information content (AvgIpc) is 2.42. The molecule has 1 saturated heterocycles. The largest absolute Gasteiger partial charge is 0.412 e. The molecule has 19 heavy (non-hydrogen) atoms. The summed E-state index contributed by atoms with van der Waals surface area (Å²) in [6, 6.07) is 9.41. The van der Waals surface area contributed by atoms with Crippen molar-refractivity contribution in [3.8, 4) is 5.75 Å². The van der Waals surface area contributed by atoms with Gasteiger partial charge in [0.1, 0.15) is 5.75 Å². The molecule has 1 aromatic rings. The molecule has 0 aromatic heterocycles. The van der Waals surface area contributed by atoms with E-state index < -0.39 is 0 Å². The number of amides is 1. The molecule has 0 atom stereocenters. The van der Waals surface area contributed by atoms with Crippen LogP contribution in [0, 0.1) is 0 Å². The molecule has 4 heteroatoms. The van der Waals surface area contributed by atoms with Crippen molar-refractivity contribution in [1.82, 2.24) is 10.2 Å². The summed E-state index contributed by atoms with van der Waals surface area (Å²) in [4.78, 5) is 14.2. The maximum Gasteiger partial charge on any atom is 0.412 e. The maximum absolute atomic E-state index is 11.7. The molecule has 0 radical (unpaired) electrons. The Morgan fingerprint density at radius 3 is 2.63 bits per heavy atom. The Bertz CT molecular complexity index is 386. The zero-order valence-electron chi connectivity index (χ0n) is 11.5. The normalized spacial score (nSPS) is 17.1. The first kappa shape index (κ1) is 13.9. The third-order valence-electron chi connectivity index (χ3n) is 3.40. The van der Waals surface area contributed by atoms with Crippen LogP contribution in [0.4, 0.5) is 4.79 Å². The van der Waals surface area contributed by atoms with E-state index in [0.29, 0.717) is 5.75 Å². The molecule has 0 unspecified atom stereocenters. The first-order chi connectivity index (χ1) is 9.28. The fraction of sp³-hybridized carbons (Fsp3) is 0.533. The van der Waals surface area contributed by atoms with Crippen LogP contribution in [0.1, 0.15) is 26.2 Å². The number of nitrogens with one attached hydrogen (secondary N) is 1. The number of para-hydroxylation sites is 1. The monoisotopic (exact) mass is 262 g/mol. The second kappa shape index (κ2) is 7.14. The summed E-state index contributed by atoms with van der Waals surface area (Å²) in [6.07, 6.45) is 2.85. The number of rotatable bonds is 4. The molecule has 0 bridgehead atoms. The summed E-state index contributed by atoms with van der Waals surface area (Å²) in [7, 11) is 0. The van der Waals surface area contributed by atoms with Crippen molar-refractivity contribution in [3.63, 3.8) is 0 Å². The molecule has 0 aliphatic carbocycles. The Morgan fingerprint density at radius 2 is 2.00 bits per heavy atom. The fourth-order valence-corrected chi connectivity index (χ4v) is 2.41. The molecule has 1 aliphatic heterocycles. The van der Waals surface area contributed by atoms with Gasteiger partial charge in [-0.1, -0.05) is 25.1 Å². The molecule has 4 nitrogen and oxygen atoms in total. The number of carbonyl (C=O) groups is 1. The number of hydrogen-bond acceptors (Lipinski definition) is 3. The first-order valence-corrected chi connectivity index (χ1v) is 7.03. The number of carbonyl (C=O) groups excluding carboxylic acids is 1. The second-order valence-corrected chi connectivity index (χ2v) is 4.96. The highest BCUT2D eigenvalue weighted by Crippen LogP contribution is 2.12. The van der Waals surface area contributed by atoms with Crippen LogP contribution in [0.5, 0.6) is 5.75 Å². The predicted octanol–water partition coefficient (Wildman–Crippen LogP) is 2.65. The van der Waals surface area contributed by atoms with Crippen molar-refractivity contribution in [2.75, 3.05) is 19.6 Å². The topological polar surface area (TPSA) is 41.6 Å². The molecule has 1 aliphatic rings. The number of likely N-dealkylation sites (tertiary alicyclic amines) is 1. The Kier molecular flexibility index (Phi) is 5.21. The van der Waals surface area contributed by atoms with Gasteiger partial charge in [0.15, 0.2) is 0 Å². The number of nitrogens with zero attached hydrogens (tertiary/aromatic N) is 1. The Hall–Kier alpha value is -1.55. The molecular formula is C15H22N2O2. The lowest BCUT2D eigenvalue weighted by atomic mass is 10.1. The van der Waals surface area contributed by atoms with E-state index in [1.54, 1.807) is 12.1 Å². The van der Waals surface area contributed by atoms with Gasteiger partial charge in [-0.15, -0.1) is 0 Å². The minimum atomic E-state index is -0.347. The second-order valence-electron chi connectivity index (χ2n) is 4.96. The van der Waals surface area contributed by atoms with Crippen molar-refractivity contribution < 1.29 is 9.53 Å². The van der Waals surface area contributed by atoms with Gasteiger partial charge in [0.2, 0.25) is 0 Å². The van der Waals surface area contributed by atoms with Gasteiger partial charge in [-0.2, -0.15) is 0 Å². The van der Waals surface area contributed by atoms with Crippen LogP contribution < -0.4 is 10.1 Å². The Balaban J connectivity index is 1.72. The minimum absolute atomic E-state index is 0.240. The van der Waals surface area contributed by atoms with Crippen LogP contribution in [0.3, 0.4) is 0 Å². The van der Waals surface area contributed by atoms with Crippen LogP contribution >= 0.6 is 0 Å². The van der Waals surface area contributed by atoms with Crippen molar-refractivity contribution in [3.05, 3.63) is 30.3 Å². The van der Waals surface area contributed by atoms with E-state index in [1.807, 2.05) is 18.2 Å². The summed E-state index contributed by atoms with van der Waals surface area (Å²) in [5.41, 5.74) is 0. The maximum atomic E-state index is 11.7. The molecule has 2 rings (SSSR count). The summed E-state index contributed by atoms with van der Waals surface area (Å²) < 4.78 is 5.23. The van der Waals surface area contributed by atoms with Crippen molar-refractivity contribution in [1.29, 1.82) is 0 Å². The zero-order valence-corrected chi connectivity index (χ0v) is 11.5. The molecule has 0 saturated carbocycles. The predicted molar refractivity (Wildman–Crippen MR) is 75.4 cm³/mol. The smallest absolute Gasteiger partial charge is 0.410 e. The molecule has 1 aromatic carbocycles. The highest BCUT2D eigenvalue weighted by atomic mass is 16.6. The van der Waals surface area contributed by atoms with Gasteiger partial charge in [-0.05, 0) is 37.9 Å². The number of hydrogen-bond donors (Lipinski definition) is 1. The molecular weight excluding hydrogens is 240 g/mol. The van der Waals surface area contributed by atoms with Crippen LogP contribution in [-0.2, 0) is 0 Å². The SMILES string of the molecule is CCCN1CCC(NC(=O)Oc2ccccc2)CC1. The van der Waals surface area contributed by atoms with Crippen LogP contribution in [0.25, 0.3) is 0 Å². The summed E-state index contributed by atoms with van der Waals surface area (Å²) in [5, 5.41) is 2.94. The standard InChI is InChI=1S/C15H22N2O2/c1-2-10-17-11-8-13(9-12-17)16-15(18)19-14-6-4-3-5-7-14/h3-7,13H,2,8-12H2,1H3,(H,16,18). The lowest BCUT2D eigenvalue weighted by Gasteiger charge is -2.31. The van der Waals surface area contributed by atoms with E-state index >= 15 is 0 Å². The molecule has 1 amide bonds. The van der Waals surface area contributed by atoms with E-state index in [4.69, 9.17) is 4.74 Å². The highest BCUT2D eigenvalue weighted by Gasteiger charge is 2.20. The van der Waals surface area contributed by atoms with E-state index in [1.165, 1.54) is 6.42 Å². The lowest BCUT2D eigenvalue weighted by molar-refractivity contribution is 0.172. The number of piperidine rings is 1. The van der Waals surface area contributed by atoms with Gasteiger partial charge in [0.05, 0.1) is 0 Å². The quantitative estimate of drug-likeness (QED) is 0.907. The van der Waals surface area contributed by atoms with Crippen molar-refractivity contribution >= 4 is 6.09 Å². The van der Waals surface area contributed by atoms with Gasteiger partial charge < -0.3 is 15.0 Å². The average molecular weight is 262 g/mol. The number of benzene rings is 1. The van der Waals surface area contributed by atoms with Crippen LogP contribution in [0.2, 0.25) is 0 Å². The van der Waals surface area contributed by atoms with Crippen molar-refractivity contribution in [2.45, 2.75) is 32.2 Å². The summed E-state index contributed by atoms with van der Waals surface area (Å²) >= 11 is 0. The molecule has 104 valence electrons.